The molecule has 0 saturated carbocycles. The summed E-state index contributed by atoms with van der Waals surface area (Å²) < 4.78 is 40.2. The molecule has 7 nitrogen and oxygen atoms in total. The first kappa shape index (κ1) is 18.2. The maximum absolute atomic E-state index is 13.1. The lowest BCUT2D eigenvalue weighted by molar-refractivity contribution is -0.117. The van der Waals surface area contributed by atoms with Crippen LogP contribution in [0.5, 0.6) is 0 Å². The fraction of sp³-hybridized carbons (Fsp3) is 0.467. The highest BCUT2D eigenvalue weighted by Gasteiger charge is 2.39. The van der Waals surface area contributed by atoms with Crippen molar-refractivity contribution >= 4 is 33.6 Å². The number of halogens is 1. The van der Waals surface area contributed by atoms with E-state index >= 15 is 0 Å². The standard InChI is InChI=1S/C15H19FN2O5S/c1-15(2,3)23-14(20)17-10-5-4-6-11(7-10)18-9-12(8-13(18)19)24(16,21)22/h4-7,12H,8-9H2,1-3H3,(H,17,20). The Morgan fingerprint density at radius 2 is 2.04 bits per heavy atom. The van der Waals surface area contributed by atoms with Crippen LogP contribution in [-0.2, 0) is 19.8 Å². The Labute approximate surface area is 140 Å². The maximum atomic E-state index is 13.1. The monoisotopic (exact) mass is 358 g/mol. The Hall–Kier alpha value is -2.16. The second-order valence-corrected chi connectivity index (χ2v) is 8.10. The molecule has 2 rings (SSSR count). The van der Waals surface area contributed by atoms with Gasteiger partial charge >= 0.3 is 16.3 Å². The van der Waals surface area contributed by atoms with Crippen molar-refractivity contribution in [2.24, 2.45) is 0 Å². The number of nitrogens with one attached hydrogen (secondary N) is 1. The van der Waals surface area contributed by atoms with Crippen LogP contribution in [0, 0.1) is 0 Å². The van der Waals surface area contributed by atoms with Crippen LogP contribution in [0.1, 0.15) is 27.2 Å². The van der Waals surface area contributed by atoms with E-state index < -0.39 is 39.5 Å². The number of amides is 2. The van der Waals surface area contributed by atoms with Crippen molar-refractivity contribution in [3.05, 3.63) is 24.3 Å². The van der Waals surface area contributed by atoms with Crippen LogP contribution in [-0.4, -0.2) is 37.8 Å². The molecular weight excluding hydrogens is 339 g/mol. The summed E-state index contributed by atoms with van der Waals surface area (Å²) in [5, 5.41) is 1.16. The normalized spacial score (nSPS) is 18.6. The number of carbonyl (C=O) groups is 2. The zero-order chi connectivity index (χ0) is 18.1. The number of nitrogens with zero attached hydrogens (tertiary/aromatic N) is 1. The fourth-order valence-corrected chi connectivity index (χ4v) is 2.95. The second-order valence-electron chi connectivity index (χ2n) is 6.48. The van der Waals surface area contributed by atoms with E-state index in [-0.39, 0.29) is 6.54 Å². The molecule has 0 aromatic heterocycles. The zero-order valence-electron chi connectivity index (χ0n) is 13.6. The first-order valence-corrected chi connectivity index (χ1v) is 8.74. The van der Waals surface area contributed by atoms with Crippen LogP contribution in [0.3, 0.4) is 0 Å². The third-order valence-corrected chi connectivity index (χ3v) is 4.40. The molecule has 1 aromatic rings. The first-order chi connectivity index (χ1) is 11.0. The minimum Gasteiger partial charge on any atom is -0.444 e. The lowest BCUT2D eigenvalue weighted by Gasteiger charge is -2.20. The summed E-state index contributed by atoms with van der Waals surface area (Å²) >= 11 is 0. The summed E-state index contributed by atoms with van der Waals surface area (Å²) in [5.74, 6) is -0.490. The van der Waals surface area contributed by atoms with Crippen molar-refractivity contribution in [1.82, 2.24) is 0 Å². The van der Waals surface area contributed by atoms with Crippen molar-refractivity contribution in [3.8, 4) is 0 Å². The molecule has 0 bridgehead atoms. The quantitative estimate of drug-likeness (QED) is 0.838. The Morgan fingerprint density at radius 3 is 2.58 bits per heavy atom. The molecule has 1 fully saturated rings. The predicted octanol–water partition coefficient (Wildman–Crippen LogP) is 2.44. The molecule has 1 aromatic carbocycles. The van der Waals surface area contributed by atoms with Crippen LogP contribution in [0.15, 0.2) is 24.3 Å². The molecule has 132 valence electrons. The van der Waals surface area contributed by atoms with Crippen LogP contribution in [0.2, 0.25) is 0 Å². The third-order valence-electron chi connectivity index (χ3n) is 3.29. The molecule has 1 atom stereocenters. The van der Waals surface area contributed by atoms with Crippen LogP contribution >= 0.6 is 0 Å². The Kier molecular flexibility index (Phi) is 4.84. The number of hydrogen-bond acceptors (Lipinski definition) is 5. The Balaban J connectivity index is 2.13. The molecule has 2 amide bonds. The first-order valence-electron chi connectivity index (χ1n) is 7.29. The molecule has 1 saturated heterocycles. The van der Waals surface area contributed by atoms with E-state index in [9.17, 15) is 21.9 Å². The van der Waals surface area contributed by atoms with Gasteiger partial charge in [0.2, 0.25) is 5.91 Å². The molecule has 1 aliphatic heterocycles. The fourth-order valence-electron chi connectivity index (χ4n) is 2.29. The van der Waals surface area contributed by atoms with Gasteiger partial charge in [0.1, 0.15) is 10.9 Å². The van der Waals surface area contributed by atoms with Gasteiger partial charge in [-0.15, -0.1) is 3.89 Å². The zero-order valence-corrected chi connectivity index (χ0v) is 14.4. The third kappa shape index (κ3) is 4.67. The van der Waals surface area contributed by atoms with Gasteiger partial charge in [0, 0.05) is 24.3 Å². The second kappa shape index (κ2) is 6.39. The van der Waals surface area contributed by atoms with E-state index in [4.69, 9.17) is 4.74 Å². The van der Waals surface area contributed by atoms with E-state index in [1.165, 1.54) is 11.0 Å². The van der Waals surface area contributed by atoms with Crippen LogP contribution in [0.25, 0.3) is 0 Å². The van der Waals surface area contributed by atoms with Crippen LogP contribution in [0.4, 0.5) is 20.1 Å². The number of carbonyl (C=O) groups excluding carboxylic acids is 2. The van der Waals surface area contributed by atoms with E-state index in [1.807, 2.05) is 0 Å². The molecular formula is C15H19FN2O5S. The molecule has 9 heteroatoms. The van der Waals surface area contributed by atoms with E-state index in [1.54, 1.807) is 39.0 Å². The number of benzene rings is 1. The molecule has 0 spiro atoms. The summed E-state index contributed by atoms with van der Waals surface area (Å²) in [5.41, 5.74) is 0.0933. The number of ether oxygens (including phenoxy) is 1. The van der Waals surface area contributed by atoms with Crippen molar-refractivity contribution in [1.29, 1.82) is 0 Å². The maximum Gasteiger partial charge on any atom is 0.412 e. The number of anilines is 2. The van der Waals surface area contributed by atoms with Gasteiger partial charge in [0.05, 0.1) is 0 Å². The van der Waals surface area contributed by atoms with E-state index in [0.29, 0.717) is 11.4 Å². The van der Waals surface area contributed by atoms with Gasteiger partial charge in [-0.2, -0.15) is 8.42 Å². The number of rotatable bonds is 3. The average Bonchev–Trinajstić information content (AvgIpc) is 2.78. The SMILES string of the molecule is CC(C)(C)OC(=O)Nc1cccc(N2CC(S(=O)(=O)F)CC2=O)c1. The smallest absolute Gasteiger partial charge is 0.412 e. The molecule has 0 radical (unpaired) electrons. The lowest BCUT2D eigenvalue weighted by atomic mass is 10.2. The number of hydrogen-bond donors (Lipinski definition) is 1. The predicted molar refractivity (Wildman–Crippen MR) is 87.1 cm³/mol. The highest BCUT2D eigenvalue weighted by atomic mass is 32.3. The highest BCUT2D eigenvalue weighted by molar-refractivity contribution is 7.87. The van der Waals surface area contributed by atoms with Gasteiger partial charge in [-0.3, -0.25) is 10.1 Å². The summed E-state index contributed by atoms with van der Waals surface area (Å²) in [7, 11) is -4.78. The molecule has 1 unspecified atom stereocenters. The summed E-state index contributed by atoms with van der Waals surface area (Å²) in [6.07, 6.45) is -1.06. The molecule has 0 aliphatic carbocycles. The van der Waals surface area contributed by atoms with Gasteiger partial charge in [-0.25, -0.2) is 4.79 Å². The summed E-state index contributed by atoms with van der Waals surface area (Å²) in [4.78, 5) is 24.9. The molecule has 1 N–H and O–H groups in total. The topological polar surface area (TPSA) is 92.8 Å². The van der Waals surface area contributed by atoms with Gasteiger partial charge in [-0.05, 0) is 39.0 Å². The molecule has 1 aliphatic rings. The van der Waals surface area contributed by atoms with Gasteiger partial charge in [0.25, 0.3) is 0 Å². The van der Waals surface area contributed by atoms with Crippen molar-refractivity contribution in [2.75, 3.05) is 16.8 Å². The summed E-state index contributed by atoms with van der Waals surface area (Å²) in [6, 6.07) is 6.25. The Morgan fingerprint density at radius 1 is 1.38 bits per heavy atom. The highest BCUT2D eigenvalue weighted by Crippen LogP contribution is 2.27. The largest absolute Gasteiger partial charge is 0.444 e. The van der Waals surface area contributed by atoms with Gasteiger partial charge < -0.3 is 9.64 Å². The average molecular weight is 358 g/mol. The van der Waals surface area contributed by atoms with E-state index in [0.717, 1.165) is 0 Å². The Bertz CT molecular complexity index is 757. The van der Waals surface area contributed by atoms with Gasteiger partial charge in [-0.1, -0.05) is 6.07 Å². The minimum absolute atomic E-state index is 0.256. The van der Waals surface area contributed by atoms with E-state index in [2.05, 4.69) is 5.32 Å². The van der Waals surface area contributed by atoms with Crippen molar-refractivity contribution in [3.63, 3.8) is 0 Å². The molecule has 1 heterocycles. The summed E-state index contributed by atoms with van der Waals surface area (Å²) in [6.45, 7) is 4.92. The minimum atomic E-state index is -4.78. The molecule has 24 heavy (non-hydrogen) atoms. The van der Waals surface area contributed by atoms with Crippen molar-refractivity contribution in [2.45, 2.75) is 38.0 Å². The van der Waals surface area contributed by atoms with Crippen LogP contribution < -0.4 is 10.2 Å². The lowest BCUT2D eigenvalue weighted by Crippen LogP contribution is -2.28. The van der Waals surface area contributed by atoms with Gasteiger partial charge in [0.15, 0.2) is 0 Å². The van der Waals surface area contributed by atoms with Crippen molar-refractivity contribution < 1.29 is 26.6 Å².